The molecule has 0 heterocycles. The van der Waals surface area contributed by atoms with Crippen LogP contribution in [0.2, 0.25) is 0 Å². The summed E-state index contributed by atoms with van der Waals surface area (Å²) in [5, 5.41) is 0. The lowest BCUT2D eigenvalue weighted by Crippen LogP contribution is -2.04. The van der Waals surface area contributed by atoms with Gasteiger partial charge in [0.2, 0.25) is 0 Å². The first-order valence-electron chi connectivity index (χ1n) is 5.05. The van der Waals surface area contributed by atoms with Crippen LogP contribution in [0.4, 0.5) is 0 Å². The van der Waals surface area contributed by atoms with Crippen LogP contribution in [-0.4, -0.2) is 0 Å². The predicted molar refractivity (Wildman–Crippen MR) is 55.1 cm³/mol. The Kier molecular flexibility index (Phi) is 3.58. The molecule has 0 saturated carbocycles. The molecule has 1 aliphatic rings. The van der Waals surface area contributed by atoms with Gasteiger partial charge in [0.25, 0.3) is 0 Å². The molecule has 0 heteroatoms. The van der Waals surface area contributed by atoms with E-state index in [0.717, 1.165) is 11.8 Å². The molecule has 0 aromatic rings. The van der Waals surface area contributed by atoms with E-state index in [1.165, 1.54) is 19.3 Å². The van der Waals surface area contributed by atoms with Crippen LogP contribution in [0.25, 0.3) is 0 Å². The molecule has 68 valence electrons. The van der Waals surface area contributed by atoms with Crippen molar-refractivity contribution in [2.45, 2.75) is 40.0 Å². The van der Waals surface area contributed by atoms with E-state index in [1.54, 1.807) is 5.57 Å². The Morgan fingerprint density at radius 3 is 2.50 bits per heavy atom. The highest BCUT2D eigenvalue weighted by Gasteiger charge is 2.08. The van der Waals surface area contributed by atoms with Gasteiger partial charge in [-0.3, -0.25) is 0 Å². The fraction of sp³-hybridized carbons (Fsp3) is 0.667. The maximum atomic E-state index is 2.39. The van der Waals surface area contributed by atoms with Gasteiger partial charge in [0.05, 0.1) is 0 Å². The Labute approximate surface area is 76.4 Å². The van der Waals surface area contributed by atoms with Gasteiger partial charge in [-0.25, -0.2) is 0 Å². The summed E-state index contributed by atoms with van der Waals surface area (Å²) in [4.78, 5) is 0. The molecule has 0 aromatic carbocycles. The van der Waals surface area contributed by atoms with Crippen molar-refractivity contribution in [2.75, 3.05) is 0 Å². The molecule has 12 heavy (non-hydrogen) atoms. The fourth-order valence-electron chi connectivity index (χ4n) is 1.43. The molecular formula is C12H20. The molecule has 1 unspecified atom stereocenters. The smallest absolute Gasteiger partial charge is 0.0254 e. The lowest BCUT2D eigenvalue weighted by molar-refractivity contribution is 0.418. The molecule has 0 saturated heterocycles. The van der Waals surface area contributed by atoms with Crippen LogP contribution in [0.5, 0.6) is 0 Å². The second-order valence-corrected chi connectivity index (χ2v) is 4.18. The minimum absolute atomic E-state index is 0.807. The summed E-state index contributed by atoms with van der Waals surface area (Å²) in [6.07, 6.45) is 10.7. The van der Waals surface area contributed by atoms with Crippen molar-refractivity contribution in [2.24, 2.45) is 11.8 Å². The second-order valence-electron chi connectivity index (χ2n) is 4.18. The lowest BCUT2D eigenvalue weighted by Gasteiger charge is -2.17. The van der Waals surface area contributed by atoms with Crippen LogP contribution in [0.1, 0.15) is 40.0 Å². The molecule has 0 aromatic heterocycles. The number of hydrogen-bond donors (Lipinski definition) is 0. The van der Waals surface area contributed by atoms with E-state index in [-0.39, 0.29) is 0 Å². The average Bonchev–Trinajstić information content (AvgIpc) is 2.06. The van der Waals surface area contributed by atoms with Crippen LogP contribution in [0.15, 0.2) is 23.8 Å². The monoisotopic (exact) mass is 164 g/mol. The topological polar surface area (TPSA) is 0 Å². The van der Waals surface area contributed by atoms with E-state index in [1.807, 2.05) is 0 Å². The molecule has 0 amide bonds. The van der Waals surface area contributed by atoms with Crippen LogP contribution in [-0.2, 0) is 0 Å². The van der Waals surface area contributed by atoms with Gasteiger partial charge in [-0.2, -0.15) is 0 Å². The maximum absolute atomic E-state index is 2.39. The van der Waals surface area contributed by atoms with Gasteiger partial charge in [-0.05, 0) is 31.1 Å². The summed E-state index contributed by atoms with van der Waals surface area (Å²) in [7, 11) is 0. The van der Waals surface area contributed by atoms with E-state index < -0.39 is 0 Å². The number of rotatable bonds is 3. The van der Waals surface area contributed by atoms with E-state index in [9.17, 15) is 0 Å². The largest absolute Gasteiger partial charge is 0.0840 e. The van der Waals surface area contributed by atoms with Crippen molar-refractivity contribution in [1.29, 1.82) is 0 Å². The summed E-state index contributed by atoms with van der Waals surface area (Å²) >= 11 is 0. The van der Waals surface area contributed by atoms with E-state index >= 15 is 0 Å². The zero-order valence-electron chi connectivity index (χ0n) is 8.51. The van der Waals surface area contributed by atoms with Gasteiger partial charge in [-0.15, -0.1) is 0 Å². The second kappa shape index (κ2) is 4.49. The van der Waals surface area contributed by atoms with Gasteiger partial charge >= 0.3 is 0 Å². The van der Waals surface area contributed by atoms with Crippen LogP contribution < -0.4 is 0 Å². The zero-order valence-corrected chi connectivity index (χ0v) is 8.51. The van der Waals surface area contributed by atoms with Crippen LogP contribution >= 0.6 is 0 Å². The first-order chi connectivity index (χ1) is 5.70. The average molecular weight is 164 g/mol. The molecule has 0 bridgehead atoms. The predicted octanol–water partition coefficient (Wildman–Crippen LogP) is 3.95. The maximum Gasteiger partial charge on any atom is -0.0254 e. The summed E-state index contributed by atoms with van der Waals surface area (Å²) in [5.74, 6) is 1.63. The third-order valence-electron chi connectivity index (χ3n) is 2.77. The minimum Gasteiger partial charge on any atom is -0.0840 e. The number of hydrogen-bond acceptors (Lipinski definition) is 0. The van der Waals surface area contributed by atoms with E-state index in [2.05, 4.69) is 39.0 Å². The number of allylic oxidation sites excluding steroid dienone is 4. The Hall–Kier alpha value is -0.520. The Bertz CT molecular complexity index is 184. The van der Waals surface area contributed by atoms with Crippen molar-refractivity contribution in [3.05, 3.63) is 23.8 Å². The molecule has 0 fully saturated rings. The summed E-state index contributed by atoms with van der Waals surface area (Å²) in [6, 6.07) is 0. The fourth-order valence-corrected chi connectivity index (χ4v) is 1.43. The summed E-state index contributed by atoms with van der Waals surface area (Å²) < 4.78 is 0. The van der Waals surface area contributed by atoms with Gasteiger partial charge < -0.3 is 0 Å². The molecule has 1 aliphatic carbocycles. The first-order valence-corrected chi connectivity index (χ1v) is 5.05. The molecule has 1 rings (SSSR count). The minimum atomic E-state index is 0.807. The van der Waals surface area contributed by atoms with Crippen molar-refractivity contribution in [1.82, 2.24) is 0 Å². The van der Waals surface area contributed by atoms with Crippen LogP contribution in [0.3, 0.4) is 0 Å². The Morgan fingerprint density at radius 1 is 1.25 bits per heavy atom. The SMILES string of the molecule is CC(C)C(C)CC1=CCCC=C1. The van der Waals surface area contributed by atoms with Crippen molar-refractivity contribution >= 4 is 0 Å². The standard InChI is InChI=1S/C12H20/c1-10(2)11(3)9-12-7-5-4-6-8-12/h5,7-8,10-11H,4,6,9H2,1-3H3. The highest BCUT2D eigenvalue weighted by atomic mass is 14.1. The van der Waals surface area contributed by atoms with Crippen LogP contribution in [0, 0.1) is 11.8 Å². The Morgan fingerprint density at radius 2 is 2.00 bits per heavy atom. The van der Waals surface area contributed by atoms with E-state index in [0.29, 0.717) is 0 Å². The molecular weight excluding hydrogens is 144 g/mol. The molecule has 0 aliphatic heterocycles. The van der Waals surface area contributed by atoms with Gasteiger partial charge in [0.1, 0.15) is 0 Å². The van der Waals surface area contributed by atoms with Crippen molar-refractivity contribution < 1.29 is 0 Å². The third-order valence-corrected chi connectivity index (χ3v) is 2.77. The molecule has 0 N–H and O–H groups in total. The lowest BCUT2D eigenvalue weighted by atomic mass is 9.89. The highest BCUT2D eigenvalue weighted by Crippen LogP contribution is 2.22. The molecule has 0 radical (unpaired) electrons. The molecule has 0 nitrogen and oxygen atoms in total. The van der Waals surface area contributed by atoms with Gasteiger partial charge in [0, 0.05) is 0 Å². The third kappa shape index (κ3) is 2.84. The quantitative estimate of drug-likeness (QED) is 0.592. The molecule has 1 atom stereocenters. The Balaban J connectivity index is 2.40. The normalized spacial score (nSPS) is 19.5. The van der Waals surface area contributed by atoms with Gasteiger partial charge in [-0.1, -0.05) is 44.6 Å². The summed E-state index contributed by atoms with van der Waals surface area (Å²) in [5.41, 5.74) is 1.54. The molecule has 0 spiro atoms. The summed E-state index contributed by atoms with van der Waals surface area (Å²) in [6.45, 7) is 6.95. The van der Waals surface area contributed by atoms with Crippen molar-refractivity contribution in [3.8, 4) is 0 Å². The van der Waals surface area contributed by atoms with Gasteiger partial charge in [0.15, 0.2) is 0 Å². The van der Waals surface area contributed by atoms with E-state index in [4.69, 9.17) is 0 Å². The highest BCUT2D eigenvalue weighted by molar-refractivity contribution is 5.22. The first kappa shape index (κ1) is 9.57. The zero-order chi connectivity index (χ0) is 8.97. The van der Waals surface area contributed by atoms with Crippen molar-refractivity contribution in [3.63, 3.8) is 0 Å².